The zero-order valence-electron chi connectivity index (χ0n) is 12.7. The van der Waals surface area contributed by atoms with Gasteiger partial charge in [-0.2, -0.15) is 0 Å². The fourth-order valence-corrected chi connectivity index (χ4v) is 2.80. The van der Waals surface area contributed by atoms with Gasteiger partial charge in [-0.05, 0) is 24.3 Å². The Morgan fingerprint density at radius 2 is 1.32 bits per heavy atom. The van der Waals surface area contributed by atoms with E-state index in [2.05, 4.69) is 4.98 Å². The second-order valence-corrected chi connectivity index (χ2v) is 5.44. The minimum Gasteiger partial charge on any atom is -0.292 e. The number of aromatic nitrogens is 2. The van der Waals surface area contributed by atoms with Gasteiger partial charge in [-0.3, -0.25) is 4.57 Å². The first kappa shape index (κ1) is 15.4. The van der Waals surface area contributed by atoms with Crippen LogP contribution in [0.15, 0.2) is 60.7 Å². The quantitative estimate of drug-likeness (QED) is 0.359. The molecule has 0 unspecified atom stereocenters. The van der Waals surface area contributed by atoms with Crippen LogP contribution in [-0.4, -0.2) is 9.55 Å². The molecule has 1 heterocycles. The van der Waals surface area contributed by atoms with Crippen molar-refractivity contribution in [3.8, 4) is 17.1 Å². The zero-order valence-corrected chi connectivity index (χ0v) is 12.7. The van der Waals surface area contributed by atoms with Crippen molar-refractivity contribution in [1.82, 2.24) is 9.55 Å². The van der Waals surface area contributed by atoms with Gasteiger partial charge in [0, 0.05) is 11.8 Å². The van der Waals surface area contributed by atoms with Gasteiger partial charge in [-0.25, -0.2) is 22.5 Å². The molecule has 0 amide bonds. The predicted molar refractivity (Wildman–Crippen MR) is 86.3 cm³/mol. The van der Waals surface area contributed by atoms with Gasteiger partial charge in [-0.15, -0.1) is 0 Å². The highest BCUT2D eigenvalue weighted by molar-refractivity contribution is 5.83. The lowest BCUT2D eigenvalue weighted by molar-refractivity contribution is 0.457. The molecule has 4 aromatic rings. The highest BCUT2D eigenvalue weighted by Crippen LogP contribution is 2.33. The maximum absolute atomic E-state index is 14.3. The van der Waals surface area contributed by atoms with E-state index in [1.165, 1.54) is 4.57 Å². The van der Waals surface area contributed by atoms with Crippen molar-refractivity contribution in [2.75, 3.05) is 0 Å². The van der Waals surface area contributed by atoms with Crippen LogP contribution in [0, 0.1) is 23.3 Å². The van der Waals surface area contributed by atoms with Crippen LogP contribution in [-0.2, 0) is 0 Å². The smallest absolute Gasteiger partial charge is 0.172 e. The van der Waals surface area contributed by atoms with Gasteiger partial charge in [0.15, 0.2) is 29.1 Å². The molecule has 4 rings (SSSR count). The molecule has 25 heavy (non-hydrogen) atoms. The van der Waals surface area contributed by atoms with E-state index in [0.29, 0.717) is 16.7 Å². The third-order valence-electron chi connectivity index (χ3n) is 3.91. The fraction of sp³-hybridized carbons (Fsp3) is 0. The van der Waals surface area contributed by atoms with Crippen molar-refractivity contribution in [2.45, 2.75) is 0 Å². The van der Waals surface area contributed by atoms with Crippen molar-refractivity contribution >= 4 is 11.0 Å². The van der Waals surface area contributed by atoms with Crippen LogP contribution < -0.4 is 0 Å². The highest BCUT2D eigenvalue weighted by Gasteiger charge is 2.25. The highest BCUT2D eigenvalue weighted by atomic mass is 19.2. The second kappa shape index (κ2) is 5.73. The van der Waals surface area contributed by atoms with Crippen molar-refractivity contribution in [1.29, 1.82) is 0 Å². The number of hydrogen-bond acceptors (Lipinski definition) is 1. The first-order valence-electron chi connectivity index (χ1n) is 7.44. The predicted octanol–water partition coefficient (Wildman–Crippen LogP) is 5.25. The number of benzene rings is 3. The van der Waals surface area contributed by atoms with E-state index in [-0.39, 0.29) is 11.9 Å². The average molecular weight is 342 g/mol. The lowest BCUT2D eigenvalue weighted by Crippen LogP contribution is -2.04. The maximum Gasteiger partial charge on any atom is 0.172 e. The largest absolute Gasteiger partial charge is 0.292 e. The van der Waals surface area contributed by atoms with Crippen LogP contribution in [0.4, 0.5) is 17.6 Å². The number of halogens is 4. The minimum atomic E-state index is -1.48. The van der Waals surface area contributed by atoms with Crippen molar-refractivity contribution in [3.05, 3.63) is 83.9 Å². The Bertz CT molecular complexity index is 1060. The molecule has 0 radical (unpaired) electrons. The van der Waals surface area contributed by atoms with Crippen molar-refractivity contribution in [2.24, 2.45) is 0 Å². The Kier molecular flexibility index (Phi) is 3.53. The number of imidazole rings is 1. The summed E-state index contributed by atoms with van der Waals surface area (Å²) < 4.78 is 57.5. The molecule has 2 nitrogen and oxygen atoms in total. The average Bonchev–Trinajstić information content (AvgIpc) is 3.00. The summed E-state index contributed by atoms with van der Waals surface area (Å²) in [5, 5.41) is 0. The second-order valence-electron chi connectivity index (χ2n) is 5.44. The molecule has 0 saturated carbocycles. The summed E-state index contributed by atoms with van der Waals surface area (Å²) in [5.41, 5.74) is 0.740. The molecular formula is C19H10F4N2. The Labute approximate surface area is 140 Å². The van der Waals surface area contributed by atoms with Crippen LogP contribution in [0.5, 0.6) is 0 Å². The lowest BCUT2D eigenvalue weighted by atomic mass is 10.1. The summed E-state index contributed by atoms with van der Waals surface area (Å²) in [4.78, 5) is 4.21. The third-order valence-corrected chi connectivity index (χ3v) is 3.91. The summed E-state index contributed by atoms with van der Waals surface area (Å²) in [6.45, 7) is 0. The molecule has 0 fully saturated rings. The molecule has 3 aromatic carbocycles. The van der Waals surface area contributed by atoms with Crippen LogP contribution in [0.2, 0.25) is 0 Å². The molecule has 0 bridgehead atoms. The third kappa shape index (κ3) is 2.38. The van der Waals surface area contributed by atoms with Gasteiger partial charge < -0.3 is 0 Å². The molecule has 0 aliphatic rings. The normalized spacial score (nSPS) is 11.2. The fourth-order valence-electron chi connectivity index (χ4n) is 2.80. The summed E-state index contributed by atoms with van der Waals surface area (Å²) in [5.74, 6) is -6.11. The van der Waals surface area contributed by atoms with Gasteiger partial charge in [0.05, 0.1) is 16.6 Å². The summed E-state index contributed by atoms with van der Waals surface area (Å²) in [6.07, 6.45) is 0. The van der Waals surface area contributed by atoms with Crippen LogP contribution in [0.3, 0.4) is 0 Å². The number of hydrogen-bond donors (Lipinski definition) is 0. The van der Waals surface area contributed by atoms with Gasteiger partial charge in [0.2, 0.25) is 0 Å². The molecule has 0 N–H and O–H groups in total. The van der Waals surface area contributed by atoms with Crippen LogP contribution in [0.25, 0.3) is 28.1 Å². The summed E-state index contributed by atoms with van der Waals surface area (Å²) in [7, 11) is 0. The van der Waals surface area contributed by atoms with Crippen LogP contribution >= 0.6 is 0 Å². The molecule has 0 aliphatic carbocycles. The number of rotatable bonds is 2. The Morgan fingerprint density at radius 3 is 2.00 bits per heavy atom. The zero-order chi connectivity index (χ0) is 17.6. The molecule has 6 heteroatoms. The Hall–Kier alpha value is -3.15. The Morgan fingerprint density at radius 1 is 0.720 bits per heavy atom. The molecule has 1 aromatic heterocycles. The van der Waals surface area contributed by atoms with Crippen LogP contribution in [0.1, 0.15) is 0 Å². The first-order valence-corrected chi connectivity index (χ1v) is 7.44. The van der Waals surface area contributed by atoms with Gasteiger partial charge >= 0.3 is 0 Å². The van der Waals surface area contributed by atoms with E-state index in [9.17, 15) is 17.6 Å². The standard InChI is InChI=1S/C19H10F4N2/c20-12-10-13(21)18(23)16(17(12)22)19-24-14-8-4-5-9-15(14)25(19)11-6-2-1-3-7-11/h1-10H. The molecule has 124 valence electrons. The number of nitrogens with zero attached hydrogens (tertiary/aromatic N) is 2. The minimum absolute atomic E-state index is 0.184. The van der Waals surface area contributed by atoms with E-state index in [1.807, 2.05) is 0 Å². The molecule has 0 spiro atoms. The number of para-hydroxylation sites is 3. The maximum atomic E-state index is 14.3. The van der Waals surface area contributed by atoms with Gasteiger partial charge in [0.25, 0.3) is 0 Å². The summed E-state index contributed by atoms with van der Waals surface area (Å²) >= 11 is 0. The molecule has 0 atom stereocenters. The van der Waals surface area contributed by atoms with Gasteiger partial charge in [-0.1, -0.05) is 30.3 Å². The van der Waals surface area contributed by atoms with Gasteiger partial charge in [0.1, 0.15) is 0 Å². The molecular weight excluding hydrogens is 332 g/mol. The van der Waals surface area contributed by atoms with E-state index < -0.39 is 28.8 Å². The Balaban J connectivity index is 2.14. The first-order chi connectivity index (χ1) is 12.1. The molecule has 0 aliphatic heterocycles. The van der Waals surface area contributed by atoms with E-state index >= 15 is 0 Å². The monoisotopic (exact) mass is 342 g/mol. The van der Waals surface area contributed by atoms with Crippen molar-refractivity contribution < 1.29 is 17.6 Å². The van der Waals surface area contributed by atoms with E-state index in [1.54, 1.807) is 54.6 Å². The number of fused-ring (bicyclic) bond motifs is 1. The molecule has 0 saturated heterocycles. The summed E-state index contributed by atoms with van der Waals surface area (Å²) in [6, 6.07) is 15.7. The SMILES string of the molecule is Fc1cc(F)c(F)c(-c2nc3ccccc3n2-c2ccccc2)c1F. The van der Waals surface area contributed by atoms with E-state index in [0.717, 1.165) is 0 Å². The topological polar surface area (TPSA) is 17.8 Å². The van der Waals surface area contributed by atoms with Crippen molar-refractivity contribution in [3.63, 3.8) is 0 Å². The van der Waals surface area contributed by atoms with E-state index in [4.69, 9.17) is 0 Å². The lowest BCUT2D eigenvalue weighted by Gasteiger charge is -2.11.